The number of methoxy groups -OCH3 is 1. The van der Waals surface area contributed by atoms with Gasteiger partial charge in [-0.1, -0.05) is 27.7 Å². The summed E-state index contributed by atoms with van der Waals surface area (Å²) in [5.74, 6) is 0.198. The Labute approximate surface area is 171 Å². The van der Waals surface area contributed by atoms with Gasteiger partial charge >= 0.3 is 5.97 Å². The average Bonchev–Trinajstić information content (AvgIpc) is 2.71. The Bertz CT molecular complexity index is 828. The van der Waals surface area contributed by atoms with Crippen molar-refractivity contribution in [2.45, 2.75) is 0 Å². The summed E-state index contributed by atoms with van der Waals surface area (Å²) in [5, 5.41) is 5.50. The minimum Gasteiger partial charge on any atom is -0.465 e. The van der Waals surface area contributed by atoms with E-state index in [1.54, 1.807) is 59.3 Å². The zero-order valence-electron chi connectivity index (χ0n) is 15.3. The lowest BCUT2D eigenvalue weighted by molar-refractivity contribution is -0.113. The molecule has 2 aromatic carbocycles. The molecule has 0 heterocycles. The van der Waals surface area contributed by atoms with Crippen molar-refractivity contribution >= 4 is 50.7 Å². The molecule has 2 aromatic rings. The molecule has 148 valence electrons. The van der Waals surface area contributed by atoms with Crippen LogP contribution in [0.15, 0.2) is 48.5 Å². The predicted octanol–water partition coefficient (Wildman–Crippen LogP) is 3.00. The number of amides is 2. The summed E-state index contributed by atoms with van der Waals surface area (Å²) in [5.41, 5.74) is 7.26. The lowest BCUT2D eigenvalue weighted by Gasteiger charge is -2.08. The van der Waals surface area contributed by atoms with E-state index in [9.17, 15) is 14.4 Å². The van der Waals surface area contributed by atoms with Crippen molar-refractivity contribution in [3.63, 3.8) is 0 Å². The number of carbonyl (C=O) groups excluding carboxylic acids is 3. The van der Waals surface area contributed by atoms with Crippen LogP contribution in [-0.2, 0) is 9.53 Å². The van der Waals surface area contributed by atoms with Gasteiger partial charge in [-0.25, -0.2) is 4.79 Å². The number of rotatable bonds is 9. The van der Waals surface area contributed by atoms with E-state index in [-0.39, 0.29) is 11.8 Å². The minimum atomic E-state index is -0.476. The van der Waals surface area contributed by atoms with Crippen molar-refractivity contribution in [3.05, 3.63) is 59.7 Å². The van der Waals surface area contributed by atoms with E-state index in [1.807, 2.05) is 0 Å². The first-order chi connectivity index (χ1) is 13.5. The molecular formula is C19H21N3O4S2. The lowest BCUT2D eigenvalue weighted by Crippen LogP contribution is -2.15. The van der Waals surface area contributed by atoms with E-state index in [0.717, 1.165) is 5.75 Å². The number of hydrogen-bond acceptors (Lipinski definition) is 7. The van der Waals surface area contributed by atoms with Gasteiger partial charge in [0.1, 0.15) is 0 Å². The highest BCUT2D eigenvalue weighted by Crippen LogP contribution is 2.20. The maximum Gasteiger partial charge on any atom is 0.337 e. The second-order valence-electron chi connectivity index (χ2n) is 5.52. The largest absolute Gasteiger partial charge is 0.465 e. The first-order valence-electron chi connectivity index (χ1n) is 8.37. The Hall–Kier alpha value is -2.49. The third kappa shape index (κ3) is 6.91. The number of nitrogens with two attached hydrogens (primary N) is 1. The Morgan fingerprint density at radius 3 is 2.39 bits per heavy atom. The molecule has 28 heavy (non-hydrogen) atoms. The third-order valence-electron chi connectivity index (χ3n) is 3.45. The van der Waals surface area contributed by atoms with Crippen molar-refractivity contribution < 1.29 is 19.1 Å². The van der Waals surface area contributed by atoms with Gasteiger partial charge in [0.2, 0.25) is 5.91 Å². The quantitative estimate of drug-likeness (QED) is 0.325. The second-order valence-corrected chi connectivity index (χ2v) is 8.11. The fourth-order valence-corrected chi connectivity index (χ4v) is 3.84. The molecule has 2 amide bonds. The molecule has 4 N–H and O–H groups in total. The average molecular weight is 420 g/mol. The topological polar surface area (TPSA) is 111 Å². The van der Waals surface area contributed by atoms with Crippen LogP contribution in [0, 0.1) is 0 Å². The van der Waals surface area contributed by atoms with Crippen LogP contribution >= 0.6 is 21.6 Å². The monoisotopic (exact) mass is 419 g/mol. The maximum absolute atomic E-state index is 12.4. The Balaban J connectivity index is 1.91. The van der Waals surface area contributed by atoms with Crippen LogP contribution in [0.4, 0.5) is 11.4 Å². The zero-order chi connectivity index (χ0) is 20.4. The van der Waals surface area contributed by atoms with E-state index >= 15 is 0 Å². The summed E-state index contributed by atoms with van der Waals surface area (Å²) in [6.07, 6.45) is 0. The number of anilines is 2. The van der Waals surface area contributed by atoms with Crippen molar-refractivity contribution in [2.75, 3.05) is 35.8 Å². The number of ether oxygens (including phenoxy) is 1. The van der Waals surface area contributed by atoms with Gasteiger partial charge in [-0.2, -0.15) is 0 Å². The fourth-order valence-electron chi connectivity index (χ4n) is 2.15. The summed E-state index contributed by atoms with van der Waals surface area (Å²) < 4.78 is 4.67. The highest BCUT2D eigenvalue weighted by Gasteiger charge is 2.10. The van der Waals surface area contributed by atoms with Gasteiger partial charge in [0.25, 0.3) is 5.91 Å². The third-order valence-corrected chi connectivity index (χ3v) is 5.75. The molecule has 7 nitrogen and oxygen atoms in total. The summed E-state index contributed by atoms with van der Waals surface area (Å²) in [6.45, 7) is 0.579. The van der Waals surface area contributed by atoms with E-state index < -0.39 is 5.97 Å². The van der Waals surface area contributed by atoms with Crippen LogP contribution in [0.5, 0.6) is 0 Å². The molecule has 2 rings (SSSR count). The van der Waals surface area contributed by atoms with Gasteiger partial charge in [-0.15, -0.1) is 0 Å². The first-order valence-corrected chi connectivity index (χ1v) is 10.9. The molecule has 0 aliphatic heterocycles. The van der Waals surface area contributed by atoms with Gasteiger partial charge in [0.15, 0.2) is 0 Å². The van der Waals surface area contributed by atoms with Crippen LogP contribution in [0.2, 0.25) is 0 Å². The van der Waals surface area contributed by atoms with E-state index in [4.69, 9.17) is 5.73 Å². The molecule has 0 unspecified atom stereocenters. The van der Waals surface area contributed by atoms with Crippen LogP contribution in [0.3, 0.4) is 0 Å². The zero-order valence-corrected chi connectivity index (χ0v) is 16.9. The summed E-state index contributed by atoms with van der Waals surface area (Å²) in [7, 11) is 4.30. The van der Waals surface area contributed by atoms with Gasteiger partial charge in [0, 0.05) is 29.2 Å². The van der Waals surface area contributed by atoms with Crippen LogP contribution in [0.25, 0.3) is 0 Å². The van der Waals surface area contributed by atoms with Gasteiger partial charge in [-0.05, 0) is 42.5 Å². The van der Waals surface area contributed by atoms with Crippen molar-refractivity contribution in [1.82, 2.24) is 0 Å². The smallest absolute Gasteiger partial charge is 0.337 e. The van der Waals surface area contributed by atoms with E-state index in [0.29, 0.717) is 34.8 Å². The Morgan fingerprint density at radius 2 is 1.71 bits per heavy atom. The molecule has 0 saturated heterocycles. The minimum absolute atomic E-state index is 0.119. The summed E-state index contributed by atoms with van der Waals surface area (Å²) in [4.78, 5) is 35.8. The van der Waals surface area contributed by atoms with Gasteiger partial charge < -0.3 is 21.1 Å². The summed E-state index contributed by atoms with van der Waals surface area (Å²) >= 11 is 0. The van der Waals surface area contributed by atoms with Crippen LogP contribution < -0.4 is 16.4 Å². The maximum atomic E-state index is 12.4. The van der Waals surface area contributed by atoms with Crippen molar-refractivity contribution in [1.29, 1.82) is 0 Å². The molecule has 0 spiro atoms. The molecule has 9 heteroatoms. The SMILES string of the molecule is COC(=O)c1cccc(NC(=O)c2ccc(NC(=O)CSSCCN)cc2)c1. The molecule has 0 saturated carbocycles. The highest BCUT2D eigenvalue weighted by atomic mass is 33.1. The molecule has 0 radical (unpaired) electrons. The normalized spacial score (nSPS) is 10.2. The molecule has 0 bridgehead atoms. The molecule has 0 aromatic heterocycles. The number of nitrogens with one attached hydrogen (secondary N) is 2. The van der Waals surface area contributed by atoms with E-state index in [1.165, 1.54) is 17.9 Å². The Morgan fingerprint density at radius 1 is 0.964 bits per heavy atom. The van der Waals surface area contributed by atoms with Gasteiger partial charge in [-0.3, -0.25) is 9.59 Å². The first kappa shape index (κ1) is 21.8. The molecular weight excluding hydrogens is 398 g/mol. The van der Waals surface area contributed by atoms with Crippen LogP contribution in [-0.4, -0.2) is 42.9 Å². The number of hydrogen-bond donors (Lipinski definition) is 3. The fraction of sp³-hybridized carbons (Fsp3) is 0.211. The lowest BCUT2D eigenvalue weighted by atomic mass is 10.1. The predicted molar refractivity (Wildman–Crippen MR) is 115 cm³/mol. The standard InChI is InChI=1S/C19H21N3O4S2/c1-26-19(25)14-3-2-4-16(11-14)22-18(24)13-5-7-15(8-6-13)21-17(23)12-28-27-10-9-20/h2-8,11H,9-10,12,20H2,1H3,(H,21,23)(H,22,24). The molecule has 0 aliphatic carbocycles. The van der Waals surface area contributed by atoms with Crippen molar-refractivity contribution in [2.24, 2.45) is 5.73 Å². The molecule has 0 atom stereocenters. The number of esters is 1. The Kier molecular flexibility index (Phi) is 8.86. The van der Waals surface area contributed by atoms with Crippen molar-refractivity contribution in [3.8, 4) is 0 Å². The highest BCUT2D eigenvalue weighted by molar-refractivity contribution is 8.76. The molecule has 0 fully saturated rings. The van der Waals surface area contributed by atoms with Gasteiger partial charge in [0.05, 0.1) is 18.4 Å². The molecule has 0 aliphatic rings. The van der Waals surface area contributed by atoms with Crippen LogP contribution in [0.1, 0.15) is 20.7 Å². The summed E-state index contributed by atoms with van der Waals surface area (Å²) in [6, 6.07) is 13.0. The number of benzene rings is 2. The van der Waals surface area contributed by atoms with E-state index in [2.05, 4.69) is 15.4 Å². The number of carbonyl (C=O) groups is 3. The second kappa shape index (κ2) is 11.4.